The standard InChI is InChI=1S/C22H23FN4O2S/c1-15-11-16(2)13-17(12-15)27-10-9-26-22(27)30-14-20(28)24-7-8-25-21(29)18-5-3-4-6-19(18)23/h3-6,9-13H,7-8,14H2,1-2H3,(H,24,28)(H,25,29). The third-order valence-electron chi connectivity index (χ3n) is 4.27. The largest absolute Gasteiger partial charge is 0.354 e. The molecule has 3 aromatic rings. The van der Waals surface area contributed by atoms with Crippen molar-refractivity contribution in [3.63, 3.8) is 0 Å². The van der Waals surface area contributed by atoms with Crippen LogP contribution < -0.4 is 10.6 Å². The van der Waals surface area contributed by atoms with Crippen LogP contribution in [0.1, 0.15) is 21.5 Å². The monoisotopic (exact) mass is 426 g/mol. The fourth-order valence-electron chi connectivity index (χ4n) is 2.98. The molecule has 1 aromatic heterocycles. The van der Waals surface area contributed by atoms with Gasteiger partial charge in [-0.1, -0.05) is 30.0 Å². The van der Waals surface area contributed by atoms with Crippen LogP contribution in [0.4, 0.5) is 4.39 Å². The number of nitrogens with one attached hydrogen (secondary N) is 2. The zero-order valence-electron chi connectivity index (χ0n) is 16.8. The highest BCUT2D eigenvalue weighted by Gasteiger charge is 2.11. The normalized spacial score (nSPS) is 10.6. The first kappa shape index (κ1) is 21.6. The van der Waals surface area contributed by atoms with Crippen molar-refractivity contribution in [3.05, 3.63) is 77.4 Å². The molecule has 0 spiro atoms. The van der Waals surface area contributed by atoms with Crippen LogP contribution in [-0.4, -0.2) is 40.2 Å². The van der Waals surface area contributed by atoms with E-state index >= 15 is 0 Å². The van der Waals surface area contributed by atoms with Crippen LogP contribution in [0.3, 0.4) is 0 Å². The van der Waals surface area contributed by atoms with Crippen LogP contribution in [0, 0.1) is 19.7 Å². The molecule has 0 atom stereocenters. The molecule has 8 heteroatoms. The van der Waals surface area contributed by atoms with E-state index in [1.165, 1.54) is 30.0 Å². The minimum Gasteiger partial charge on any atom is -0.354 e. The molecule has 0 bridgehead atoms. The van der Waals surface area contributed by atoms with E-state index in [4.69, 9.17) is 0 Å². The van der Waals surface area contributed by atoms with Gasteiger partial charge in [0.15, 0.2) is 5.16 Å². The van der Waals surface area contributed by atoms with Crippen molar-refractivity contribution in [2.24, 2.45) is 0 Å². The molecular formula is C22H23FN4O2S. The predicted molar refractivity (Wildman–Crippen MR) is 116 cm³/mol. The van der Waals surface area contributed by atoms with Crippen LogP contribution >= 0.6 is 11.8 Å². The van der Waals surface area contributed by atoms with Gasteiger partial charge >= 0.3 is 0 Å². The summed E-state index contributed by atoms with van der Waals surface area (Å²) in [6, 6.07) is 12.0. The summed E-state index contributed by atoms with van der Waals surface area (Å²) in [7, 11) is 0. The number of aryl methyl sites for hydroxylation is 2. The molecule has 2 amide bonds. The lowest BCUT2D eigenvalue weighted by Crippen LogP contribution is -2.35. The Labute approximate surface area is 178 Å². The number of hydrogen-bond acceptors (Lipinski definition) is 4. The number of halogens is 1. The fraction of sp³-hybridized carbons (Fsp3) is 0.227. The summed E-state index contributed by atoms with van der Waals surface area (Å²) in [6.45, 7) is 4.54. The molecule has 0 saturated heterocycles. The molecule has 0 fully saturated rings. The number of amides is 2. The number of carbonyl (C=O) groups excluding carboxylic acids is 2. The summed E-state index contributed by atoms with van der Waals surface area (Å²) in [4.78, 5) is 28.4. The van der Waals surface area contributed by atoms with Gasteiger partial charge in [0.25, 0.3) is 5.91 Å². The van der Waals surface area contributed by atoms with Crippen LogP contribution in [0.15, 0.2) is 60.0 Å². The SMILES string of the molecule is Cc1cc(C)cc(-n2ccnc2SCC(=O)NCCNC(=O)c2ccccc2F)c1. The Kier molecular flexibility index (Phi) is 7.24. The van der Waals surface area contributed by atoms with E-state index in [1.807, 2.05) is 24.6 Å². The van der Waals surface area contributed by atoms with Gasteiger partial charge in [-0.15, -0.1) is 0 Å². The highest BCUT2D eigenvalue weighted by atomic mass is 32.2. The molecule has 156 valence electrons. The van der Waals surface area contributed by atoms with Crippen molar-refractivity contribution in [2.45, 2.75) is 19.0 Å². The quantitative estimate of drug-likeness (QED) is 0.428. The smallest absolute Gasteiger partial charge is 0.254 e. The number of benzene rings is 2. The average molecular weight is 427 g/mol. The highest BCUT2D eigenvalue weighted by Crippen LogP contribution is 2.22. The minimum atomic E-state index is -0.574. The van der Waals surface area contributed by atoms with E-state index in [1.54, 1.807) is 12.3 Å². The lowest BCUT2D eigenvalue weighted by atomic mass is 10.1. The third kappa shape index (κ3) is 5.70. The topological polar surface area (TPSA) is 76.0 Å². The Morgan fingerprint density at radius 2 is 1.77 bits per heavy atom. The second-order valence-electron chi connectivity index (χ2n) is 6.80. The van der Waals surface area contributed by atoms with Gasteiger partial charge in [-0.05, 0) is 49.2 Å². The summed E-state index contributed by atoms with van der Waals surface area (Å²) in [6.07, 6.45) is 3.57. The van der Waals surface area contributed by atoms with E-state index in [9.17, 15) is 14.0 Å². The zero-order valence-corrected chi connectivity index (χ0v) is 17.6. The molecule has 6 nitrogen and oxygen atoms in total. The van der Waals surface area contributed by atoms with Gasteiger partial charge in [-0.25, -0.2) is 9.37 Å². The molecule has 3 rings (SSSR count). The average Bonchev–Trinajstić information content (AvgIpc) is 3.18. The number of imidazole rings is 1. The molecule has 2 aromatic carbocycles. The molecule has 1 heterocycles. The molecule has 0 unspecified atom stereocenters. The summed E-state index contributed by atoms with van der Waals surface area (Å²) in [5, 5.41) is 6.05. The Bertz CT molecular complexity index is 1030. The molecule has 0 saturated carbocycles. The summed E-state index contributed by atoms with van der Waals surface area (Å²) in [5.41, 5.74) is 3.30. The van der Waals surface area contributed by atoms with Crippen LogP contribution in [-0.2, 0) is 4.79 Å². The van der Waals surface area contributed by atoms with Gasteiger partial charge in [0, 0.05) is 31.2 Å². The van der Waals surface area contributed by atoms with E-state index < -0.39 is 11.7 Å². The van der Waals surface area contributed by atoms with E-state index in [2.05, 4.69) is 33.8 Å². The number of carbonyl (C=O) groups is 2. The summed E-state index contributed by atoms with van der Waals surface area (Å²) >= 11 is 1.33. The number of rotatable bonds is 8. The first-order valence-electron chi connectivity index (χ1n) is 9.48. The predicted octanol–water partition coefficient (Wildman–Crippen LogP) is 3.27. The third-order valence-corrected chi connectivity index (χ3v) is 5.24. The number of nitrogens with zero attached hydrogens (tertiary/aromatic N) is 2. The molecule has 30 heavy (non-hydrogen) atoms. The summed E-state index contributed by atoms with van der Waals surface area (Å²) < 4.78 is 15.5. The maximum Gasteiger partial charge on any atom is 0.254 e. The fourth-order valence-corrected chi connectivity index (χ4v) is 3.79. The molecule has 2 N–H and O–H groups in total. The number of hydrogen-bond donors (Lipinski definition) is 2. The van der Waals surface area contributed by atoms with Crippen molar-refractivity contribution >= 4 is 23.6 Å². The Morgan fingerprint density at radius 1 is 1.07 bits per heavy atom. The lowest BCUT2D eigenvalue weighted by molar-refractivity contribution is -0.118. The molecular weight excluding hydrogens is 403 g/mol. The van der Waals surface area contributed by atoms with Crippen molar-refractivity contribution < 1.29 is 14.0 Å². The minimum absolute atomic E-state index is 0.0161. The second-order valence-corrected chi connectivity index (χ2v) is 7.74. The first-order valence-corrected chi connectivity index (χ1v) is 10.5. The highest BCUT2D eigenvalue weighted by molar-refractivity contribution is 7.99. The molecule has 0 radical (unpaired) electrons. The van der Waals surface area contributed by atoms with Crippen LogP contribution in [0.5, 0.6) is 0 Å². The molecule has 0 aliphatic heterocycles. The van der Waals surface area contributed by atoms with Crippen molar-refractivity contribution in [2.75, 3.05) is 18.8 Å². The van der Waals surface area contributed by atoms with E-state index in [0.29, 0.717) is 0 Å². The van der Waals surface area contributed by atoms with E-state index in [0.717, 1.165) is 22.0 Å². The Balaban J connectivity index is 1.45. The van der Waals surface area contributed by atoms with Crippen molar-refractivity contribution in [3.8, 4) is 5.69 Å². The summed E-state index contributed by atoms with van der Waals surface area (Å²) in [5.74, 6) is -1.06. The second kappa shape index (κ2) is 10.1. The zero-order chi connectivity index (χ0) is 21.5. The molecule has 0 aliphatic carbocycles. The van der Waals surface area contributed by atoms with E-state index in [-0.39, 0.29) is 30.3 Å². The van der Waals surface area contributed by atoms with Gasteiger partial charge in [0.05, 0.1) is 11.3 Å². The van der Waals surface area contributed by atoms with Gasteiger partial charge < -0.3 is 10.6 Å². The van der Waals surface area contributed by atoms with Gasteiger partial charge in [0.1, 0.15) is 5.82 Å². The van der Waals surface area contributed by atoms with Crippen molar-refractivity contribution in [1.29, 1.82) is 0 Å². The van der Waals surface area contributed by atoms with Gasteiger partial charge in [-0.3, -0.25) is 14.2 Å². The van der Waals surface area contributed by atoms with Crippen LogP contribution in [0.2, 0.25) is 0 Å². The van der Waals surface area contributed by atoms with Gasteiger partial charge in [0.2, 0.25) is 5.91 Å². The van der Waals surface area contributed by atoms with Crippen molar-refractivity contribution in [1.82, 2.24) is 20.2 Å². The Hall–Kier alpha value is -3.13. The Morgan fingerprint density at radius 3 is 2.50 bits per heavy atom. The maximum absolute atomic E-state index is 13.6. The van der Waals surface area contributed by atoms with Gasteiger partial charge in [-0.2, -0.15) is 0 Å². The first-order chi connectivity index (χ1) is 14.4. The number of aromatic nitrogens is 2. The van der Waals surface area contributed by atoms with Crippen LogP contribution in [0.25, 0.3) is 5.69 Å². The molecule has 0 aliphatic rings. The lowest BCUT2D eigenvalue weighted by Gasteiger charge is -2.10. The number of thioether (sulfide) groups is 1. The maximum atomic E-state index is 13.6.